The van der Waals surface area contributed by atoms with Crippen molar-refractivity contribution in [1.82, 2.24) is 9.78 Å². The standard InChI is InChI=1S/C15H21N3O/c1-4-13-14(9-18(3)17-13)16-8-11-5-6-15(19-11)12-7-10(12)2/h5-6,9-10,12,16H,4,7-8H2,1-3H3. The number of nitrogens with zero attached hydrogens (tertiary/aromatic N) is 2. The summed E-state index contributed by atoms with van der Waals surface area (Å²) in [4.78, 5) is 0. The van der Waals surface area contributed by atoms with Crippen molar-refractivity contribution in [2.45, 2.75) is 39.2 Å². The van der Waals surface area contributed by atoms with Gasteiger partial charge in [-0.1, -0.05) is 13.8 Å². The maximum atomic E-state index is 5.89. The van der Waals surface area contributed by atoms with Crippen LogP contribution in [0.25, 0.3) is 0 Å². The Kier molecular flexibility index (Phi) is 3.09. The second-order valence-electron chi connectivity index (χ2n) is 5.49. The predicted molar refractivity (Wildman–Crippen MR) is 75.1 cm³/mol. The van der Waals surface area contributed by atoms with Gasteiger partial charge in [-0.25, -0.2) is 0 Å². The number of aromatic nitrogens is 2. The molecule has 2 atom stereocenters. The molecule has 4 heteroatoms. The molecule has 1 aliphatic carbocycles. The molecule has 0 radical (unpaired) electrons. The lowest BCUT2D eigenvalue weighted by Crippen LogP contribution is -1.99. The zero-order chi connectivity index (χ0) is 13.4. The van der Waals surface area contributed by atoms with E-state index in [4.69, 9.17) is 4.42 Å². The van der Waals surface area contributed by atoms with Gasteiger partial charge in [0.25, 0.3) is 0 Å². The van der Waals surface area contributed by atoms with Gasteiger partial charge in [-0.15, -0.1) is 0 Å². The van der Waals surface area contributed by atoms with Crippen LogP contribution in [0.5, 0.6) is 0 Å². The topological polar surface area (TPSA) is 43.0 Å². The summed E-state index contributed by atoms with van der Waals surface area (Å²) < 4.78 is 7.74. The van der Waals surface area contributed by atoms with Crippen molar-refractivity contribution in [3.05, 3.63) is 35.5 Å². The van der Waals surface area contributed by atoms with Gasteiger partial charge >= 0.3 is 0 Å². The summed E-state index contributed by atoms with van der Waals surface area (Å²) in [5.41, 5.74) is 2.20. The largest absolute Gasteiger partial charge is 0.464 e. The number of hydrogen-bond donors (Lipinski definition) is 1. The summed E-state index contributed by atoms with van der Waals surface area (Å²) in [6.45, 7) is 5.11. The second kappa shape index (κ2) is 4.76. The Hall–Kier alpha value is -1.71. The fourth-order valence-corrected chi connectivity index (χ4v) is 2.53. The van der Waals surface area contributed by atoms with Crippen LogP contribution in [0.3, 0.4) is 0 Å². The number of aryl methyl sites for hydroxylation is 2. The van der Waals surface area contributed by atoms with Gasteiger partial charge in [0, 0.05) is 19.2 Å². The zero-order valence-corrected chi connectivity index (χ0v) is 11.8. The van der Waals surface area contributed by atoms with Gasteiger partial charge in [-0.2, -0.15) is 5.10 Å². The van der Waals surface area contributed by atoms with Gasteiger partial charge in [0.15, 0.2) is 0 Å². The van der Waals surface area contributed by atoms with E-state index in [-0.39, 0.29) is 0 Å². The molecule has 1 N–H and O–H groups in total. The molecule has 0 saturated heterocycles. The Morgan fingerprint density at radius 2 is 2.26 bits per heavy atom. The van der Waals surface area contributed by atoms with E-state index in [1.807, 2.05) is 17.9 Å². The van der Waals surface area contributed by atoms with Crippen LogP contribution in [-0.4, -0.2) is 9.78 Å². The molecule has 0 aliphatic heterocycles. The van der Waals surface area contributed by atoms with Gasteiger partial charge in [-0.3, -0.25) is 4.68 Å². The van der Waals surface area contributed by atoms with E-state index in [1.54, 1.807) is 0 Å². The van der Waals surface area contributed by atoms with E-state index in [9.17, 15) is 0 Å². The molecule has 0 amide bonds. The monoisotopic (exact) mass is 259 g/mol. The predicted octanol–water partition coefficient (Wildman–Crippen LogP) is 3.31. The van der Waals surface area contributed by atoms with Crippen molar-refractivity contribution in [3.8, 4) is 0 Å². The van der Waals surface area contributed by atoms with E-state index < -0.39 is 0 Å². The van der Waals surface area contributed by atoms with E-state index >= 15 is 0 Å². The Morgan fingerprint density at radius 1 is 1.47 bits per heavy atom. The highest BCUT2D eigenvalue weighted by Gasteiger charge is 2.36. The fourth-order valence-electron chi connectivity index (χ4n) is 2.53. The fraction of sp³-hybridized carbons (Fsp3) is 0.533. The first-order chi connectivity index (χ1) is 9.17. The van der Waals surface area contributed by atoms with Crippen molar-refractivity contribution in [3.63, 3.8) is 0 Å². The number of furan rings is 1. The number of hydrogen-bond acceptors (Lipinski definition) is 3. The molecule has 0 spiro atoms. The second-order valence-corrected chi connectivity index (χ2v) is 5.49. The molecule has 4 nitrogen and oxygen atoms in total. The summed E-state index contributed by atoms with van der Waals surface area (Å²) in [5.74, 6) is 3.58. The van der Waals surface area contributed by atoms with Crippen molar-refractivity contribution in [1.29, 1.82) is 0 Å². The van der Waals surface area contributed by atoms with Crippen molar-refractivity contribution in [2.75, 3.05) is 5.32 Å². The summed E-state index contributed by atoms with van der Waals surface area (Å²) >= 11 is 0. The van der Waals surface area contributed by atoms with E-state index in [0.717, 1.165) is 41.8 Å². The minimum atomic E-state index is 0.651. The summed E-state index contributed by atoms with van der Waals surface area (Å²) in [6.07, 6.45) is 4.22. The Bertz CT molecular complexity index is 570. The van der Waals surface area contributed by atoms with Crippen molar-refractivity contribution >= 4 is 5.69 Å². The van der Waals surface area contributed by atoms with Crippen LogP contribution in [0, 0.1) is 5.92 Å². The summed E-state index contributed by atoms with van der Waals surface area (Å²) in [7, 11) is 1.95. The summed E-state index contributed by atoms with van der Waals surface area (Å²) in [6, 6.07) is 4.20. The molecule has 2 heterocycles. The molecule has 0 aromatic carbocycles. The number of anilines is 1. The van der Waals surface area contributed by atoms with Gasteiger partial charge in [0.2, 0.25) is 0 Å². The van der Waals surface area contributed by atoms with Crippen LogP contribution in [0.1, 0.15) is 43.4 Å². The molecule has 2 unspecified atom stereocenters. The first-order valence-electron chi connectivity index (χ1n) is 7.02. The van der Waals surface area contributed by atoms with Gasteiger partial charge in [0.1, 0.15) is 11.5 Å². The Morgan fingerprint density at radius 3 is 2.95 bits per heavy atom. The highest BCUT2D eigenvalue weighted by Crippen LogP contribution is 2.47. The van der Waals surface area contributed by atoms with Crippen LogP contribution in [0.4, 0.5) is 5.69 Å². The minimum absolute atomic E-state index is 0.651. The summed E-state index contributed by atoms with van der Waals surface area (Å²) in [5, 5.41) is 7.83. The van der Waals surface area contributed by atoms with Gasteiger partial charge < -0.3 is 9.73 Å². The maximum absolute atomic E-state index is 5.89. The Labute approximate surface area is 113 Å². The number of nitrogens with one attached hydrogen (secondary N) is 1. The molecule has 2 aromatic rings. The van der Waals surface area contributed by atoms with Gasteiger partial charge in [-0.05, 0) is 30.9 Å². The van der Waals surface area contributed by atoms with Crippen LogP contribution in [0.15, 0.2) is 22.7 Å². The Balaban J connectivity index is 1.63. The minimum Gasteiger partial charge on any atom is -0.464 e. The maximum Gasteiger partial charge on any atom is 0.123 e. The molecule has 1 aliphatic rings. The number of rotatable bonds is 5. The lowest BCUT2D eigenvalue weighted by molar-refractivity contribution is 0.468. The van der Waals surface area contributed by atoms with Crippen molar-refractivity contribution < 1.29 is 4.42 Å². The zero-order valence-electron chi connectivity index (χ0n) is 11.8. The average molecular weight is 259 g/mol. The third-order valence-corrected chi connectivity index (χ3v) is 3.85. The van der Waals surface area contributed by atoms with Gasteiger partial charge in [0.05, 0.1) is 17.9 Å². The van der Waals surface area contributed by atoms with E-state index in [2.05, 4.69) is 36.4 Å². The molecular formula is C15H21N3O. The molecule has 19 heavy (non-hydrogen) atoms. The molecular weight excluding hydrogens is 238 g/mol. The van der Waals surface area contributed by atoms with Crippen LogP contribution in [-0.2, 0) is 20.0 Å². The SMILES string of the molecule is CCc1nn(C)cc1NCc1ccc(C2CC2C)o1. The highest BCUT2D eigenvalue weighted by atomic mass is 16.3. The normalized spacial score (nSPS) is 21.6. The van der Waals surface area contributed by atoms with E-state index in [0.29, 0.717) is 5.92 Å². The smallest absolute Gasteiger partial charge is 0.123 e. The quantitative estimate of drug-likeness (QED) is 0.895. The van der Waals surface area contributed by atoms with Crippen LogP contribution >= 0.6 is 0 Å². The molecule has 1 saturated carbocycles. The van der Waals surface area contributed by atoms with Crippen LogP contribution in [0.2, 0.25) is 0 Å². The molecule has 1 fully saturated rings. The highest BCUT2D eigenvalue weighted by molar-refractivity contribution is 5.46. The molecule has 0 bridgehead atoms. The lowest BCUT2D eigenvalue weighted by atomic mass is 10.3. The first kappa shape index (κ1) is 12.3. The first-order valence-corrected chi connectivity index (χ1v) is 7.02. The average Bonchev–Trinajstić information content (AvgIpc) is 2.83. The third-order valence-electron chi connectivity index (χ3n) is 3.85. The molecule has 3 rings (SSSR count). The van der Waals surface area contributed by atoms with E-state index in [1.165, 1.54) is 6.42 Å². The van der Waals surface area contributed by atoms with Crippen LogP contribution < -0.4 is 5.32 Å². The molecule has 102 valence electrons. The van der Waals surface area contributed by atoms with Crippen molar-refractivity contribution in [2.24, 2.45) is 13.0 Å². The lowest BCUT2D eigenvalue weighted by Gasteiger charge is -2.03. The molecule has 2 aromatic heterocycles. The third kappa shape index (κ3) is 2.53.